The molecular formula is C23H25ClN2O4S. The highest BCUT2D eigenvalue weighted by atomic mass is 35.5. The Kier molecular flexibility index (Phi) is 6.08. The Morgan fingerprint density at radius 2 is 1.84 bits per heavy atom. The van der Waals surface area contributed by atoms with E-state index in [1.54, 1.807) is 30.3 Å². The molecule has 1 N–H and O–H groups in total. The summed E-state index contributed by atoms with van der Waals surface area (Å²) in [5.41, 5.74) is 2.57. The molecule has 6 nitrogen and oxygen atoms in total. The van der Waals surface area contributed by atoms with E-state index in [0.29, 0.717) is 18.0 Å². The van der Waals surface area contributed by atoms with Crippen molar-refractivity contribution in [2.24, 2.45) is 5.92 Å². The third-order valence-electron chi connectivity index (χ3n) is 5.79. The summed E-state index contributed by atoms with van der Waals surface area (Å²) in [5, 5.41) is 3.35. The van der Waals surface area contributed by atoms with Crippen LogP contribution >= 0.6 is 11.6 Å². The van der Waals surface area contributed by atoms with Crippen LogP contribution in [0.1, 0.15) is 37.3 Å². The van der Waals surface area contributed by atoms with E-state index < -0.39 is 9.84 Å². The molecular weight excluding hydrogens is 436 g/mol. The molecule has 0 saturated heterocycles. The van der Waals surface area contributed by atoms with Crippen molar-refractivity contribution in [3.63, 3.8) is 0 Å². The van der Waals surface area contributed by atoms with Gasteiger partial charge in [0.25, 0.3) is 0 Å². The molecule has 0 bridgehead atoms. The first-order valence-electron chi connectivity index (χ1n) is 10.4. The van der Waals surface area contributed by atoms with Crippen LogP contribution in [0, 0.1) is 5.92 Å². The Balaban J connectivity index is 1.37. The van der Waals surface area contributed by atoms with Crippen LogP contribution in [0.25, 0.3) is 0 Å². The number of amides is 2. The lowest BCUT2D eigenvalue weighted by Gasteiger charge is -2.22. The molecule has 0 aromatic heterocycles. The monoisotopic (exact) mass is 460 g/mol. The number of hydrogen-bond donors (Lipinski definition) is 1. The van der Waals surface area contributed by atoms with Gasteiger partial charge in [-0.05, 0) is 67.6 Å². The third-order valence-corrected chi connectivity index (χ3v) is 7.76. The predicted molar refractivity (Wildman–Crippen MR) is 120 cm³/mol. The molecule has 2 aromatic rings. The molecule has 31 heavy (non-hydrogen) atoms. The maximum Gasteiger partial charge on any atom is 0.230 e. The van der Waals surface area contributed by atoms with Gasteiger partial charge >= 0.3 is 0 Å². The molecule has 2 aromatic carbocycles. The van der Waals surface area contributed by atoms with E-state index in [0.717, 1.165) is 29.7 Å². The molecule has 164 valence electrons. The molecule has 1 fully saturated rings. The first kappa shape index (κ1) is 21.8. The van der Waals surface area contributed by atoms with Gasteiger partial charge in [-0.3, -0.25) is 9.59 Å². The largest absolute Gasteiger partial charge is 0.352 e. The number of benzene rings is 2. The van der Waals surface area contributed by atoms with Crippen molar-refractivity contribution < 1.29 is 18.0 Å². The fraction of sp³-hybridized carbons (Fsp3) is 0.391. The number of rotatable bonds is 7. The van der Waals surface area contributed by atoms with Gasteiger partial charge in [0.1, 0.15) is 0 Å². The Morgan fingerprint density at radius 3 is 2.52 bits per heavy atom. The van der Waals surface area contributed by atoms with E-state index in [9.17, 15) is 18.0 Å². The van der Waals surface area contributed by atoms with Crippen molar-refractivity contribution >= 4 is 38.9 Å². The molecule has 2 aliphatic rings. The number of sulfone groups is 1. The molecule has 1 saturated carbocycles. The quantitative estimate of drug-likeness (QED) is 0.685. The first-order valence-corrected chi connectivity index (χ1v) is 12.5. The number of carbonyl (C=O) groups is 2. The van der Waals surface area contributed by atoms with E-state index >= 15 is 0 Å². The summed E-state index contributed by atoms with van der Waals surface area (Å²) in [6, 6.07) is 12.1. The maximum atomic E-state index is 12.8. The summed E-state index contributed by atoms with van der Waals surface area (Å²) < 4.78 is 25.6. The Hall–Kier alpha value is -2.38. The second-order valence-corrected chi connectivity index (χ2v) is 10.8. The van der Waals surface area contributed by atoms with Crippen LogP contribution in [-0.2, 0) is 32.4 Å². The lowest BCUT2D eigenvalue weighted by atomic mass is 10.1. The average Bonchev–Trinajstić information content (AvgIpc) is 3.53. The molecule has 0 unspecified atom stereocenters. The fourth-order valence-corrected chi connectivity index (χ4v) is 5.31. The fourth-order valence-electron chi connectivity index (χ4n) is 3.90. The summed E-state index contributed by atoms with van der Waals surface area (Å²) >= 11 is 5.84. The minimum Gasteiger partial charge on any atom is -0.352 e. The van der Waals surface area contributed by atoms with E-state index in [2.05, 4.69) is 5.32 Å². The van der Waals surface area contributed by atoms with Gasteiger partial charge in [-0.25, -0.2) is 8.42 Å². The third kappa shape index (κ3) is 4.93. The first-order chi connectivity index (χ1) is 14.7. The van der Waals surface area contributed by atoms with Gasteiger partial charge in [-0.2, -0.15) is 0 Å². The number of nitrogens with zero attached hydrogens (tertiary/aromatic N) is 1. The molecule has 2 amide bonds. The van der Waals surface area contributed by atoms with Gasteiger partial charge in [-0.15, -0.1) is 0 Å². The van der Waals surface area contributed by atoms with Gasteiger partial charge in [0.15, 0.2) is 9.84 Å². The topological polar surface area (TPSA) is 83.6 Å². The maximum absolute atomic E-state index is 12.8. The van der Waals surface area contributed by atoms with Crippen LogP contribution < -0.4 is 10.2 Å². The summed E-state index contributed by atoms with van der Waals surface area (Å²) in [5.74, 6) is -0.338. The molecule has 1 heterocycles. The van der Waals surface area contributed by atoms with E-state index in [-0.39, 0.29) is 40.8 Å². The SMILES string of the molecule is C[C@H]1Cc2cc(S(=O)(=O)CCC(=O)NCc3ccc(Cl)cc3)ccc2N1C(=O)C1CC1. The number of fused-ring (bicyclic) bond motifs is 1. The molecule has 4 rings (SSSR count). The number of halogens is 1. The summed E-state index contributed by atoms with van der Waals surface area (Å²) in [7, 11) is -3.61. The lowest BCUT2D eigenvalue weighted by Crippen LogP contribution is -2.36. The predicted octanol–water partition coefficient (Wildman–Crippen LogP) is 3.51. The number of hydrogen-bond acceptors (Lipinski definition) is 4. The molecule has 1 aliphatic carbocycles. The average molecular weight is 461 g/mol. The second-order valence-electron chi connectivity index (χ2n) is 8.30. The number of carbonyl (C=O) groups excluding carboxylic acids is 2. The second kappa shape index (κ2) is 8.63. The zero-order chi connectivity index (χ0) is 22.2. The summed E-state index contributed by atoms with van der Waals surface area (Å²) in [4.78, 5) is 26.7. The lowest BCUT2D eigenvalue weighted by molar-refractivity contribution is -0.121. The van der Waals surface area contributed by atoms with Crippen LogP contribution in [-0.4, -0.2) is 32.0 Å². The van der Waals surface area contributed by atoms with Crippen molar-refractivity contribution in [3.05, 3.63) is 58.6 Å². The zero-order valence-corrected chi connectivity index (χ0v) is 18.9. The van der Waals surface area contributed by atoms with Crippen molar-refractivity contribution in [3.8, 4) is 0 Å². The standard InChI is InChI=1S/C23H25ClN2O4S/c1-15-12-18-13-20(8-9-21(18)26(15)23(28)17-4-5-17)31(29,30)11-10-22(27)25-14-16-2-6-19(24)7-3-16/h2-3,6-9,13,15,17H,4-5,10-12,14H2,1H3,(H,25,27)/t15-/m0/s1. The van der Waals surface area contributed by atoms with Gasteiger partial charge in [-0.1, -0.05) is 23.7 Å². The molecule has 1 aliphatic heterocycles. The molecule has 0 spiro atoms. The summed E-state index contributed by atoms with van der Waals surface area (Å²) in [6.45, 7) is 2.30. The van der Waals surface area contributed by atoms with Crippen LogP contribution in [0.2, 0.25) is 5.02 Å². The van der Waals surface area contributed by atoms with E-state index in [1.165, 1.54) is 0 Å². The van der Waals surface area contributed by atoms with Gasteiger partial charge in [0, 0.05) is 35.6 Å². The number of nitrogens with one attached hydrogen (secondary N) is 1. The Labute approximate surface area is 187 Å². The van der Waals surface area contributed by atoms with Crippen molar-refractivity contribution in [2.45, 2.75) is 50.1 Å². The molecule has 8 heteroatoms. The van der Waals surface area contributed by atoms with Crippen LogP contribution in [0.3, 0.4) is 0 Å². The highest BCUT2D eigenvalue weighted by Crippen LogP contribution is 2.39. The van der Waals surface area contributed by atoms with Crippen molar-refractivity contribution in [1.29, 1.82) is 0 Å². The summed E-state index contributed by atoms with van der Waals surface area (Å²) in [6.07, 6.45) is 2.39. The van der Waals surface area contributed by atoms with Gasteiger partial charge in [0.2, 0.25) is 11.8 Å². The Morgan fingerprint density at radius 1 is 1.13 bits per heavy atom. The highest BCUT2D eigenvalue weighted by molar-refractivity contribution is 7.91. The van der Waals surface area contributed by atoms with Gasteiger partial charge < -0.3 is 10.2 Å². The van der Waals surface area contributed by atoms with Crippen LogP contribution in [0.5, 0.6) is 0 Å². The molecule has 1 atom stereocenters. The van der Waals surface area contributed by atoms with Gasteiger partial charge in [0.05, 0.1) is 10.6 Å². The highest BCUT2D eigenvalue weighted by Gasteiger charge is 2.39. The Bertz CT molecular complexity index is 1110. The zero-order valence-electron chi connectivity index (χ0n) is 17.3. The van der Waals surface area contributed by atoms with Crippen molar-refractivity contribution in [2.75, 3.05) is 10.7 Å². The smallest absolute Gasteiger partial charge is 0.230 e. The van der Waals surface area contributed by atoms with Crippen LogP contribution in [0.15, 0.2) is 47.4 Å². The van der Waals surface area contributed by atoms with Crippen LogP contribution in [0.4, 0.5) is 5.69 Å². The molecule has 0 radical (unpaired) electrons. The normalized spacial score (nSPS) is 18.0. The van der Waals surface area contributed by atoms with E-state index in [4.69, 9.17) is 11.6 Å². The van der Waals surface area contributed by atoms with Crippen molar-refractivity contribution in [1.82, 2.24) is 5.32 Å². The minimum absolute atomic E-state index is 0.0275. The van der Waals surface area contributed by atoms with E-state index in [1.807, 2.05) is 24.0 Å². The minimum atomic E-state index is -3.61. The number of anilines is 1.